The fraction of sp³-hybridized carbons (Fsp3) is 0.600. The molecule has 0 fully saturated rings. The van der Waals surface area contributed by atoms with E-state index in [4.69, 9.17) is 14.6 Å². The van der Waals surface area contributed by atoms with Crippen molar-refractivity contribution in [3.05, 3.63) is 24.3 Å². The molecular formula is C15H25NO3. The average Bonchev–Trinajstić information content (AvgIpc) is 2.46. The summed E-state index contributed by atoms with van der Waals surface area (Å²) in [6.45, 7) is 2.61. The quantitative estimate of drug-likeness (QED) is 0.604. The second-order valence-electron chi connectivity index (χ2n) is 4.39. The van der Waals surface area contributed by atoms with Crippen LogP contribution in [0.1, 0.15) is 25.7 Å². The summed E-state index contributed by atoms with van der Waals surface area (Å²) in [6, 6.07) is 7.72. The second-order valence-corrected chi connectivity index (χ2v) is 4.39. The lowest BCUT2D eigenvalue weighted by molar-refractivity contribution is 0.283. The molecule has 2 N–H and O–H groups in total. The fourth-order valence-corrected chi connectivity index (χ4v) is 1.83. The zero-order valence-electron chi connectivity index (χ0n) is 11.7. The standard InChI is InChI=1S/C15H25NO3/c1-18-14-8-4-5-9-15(14)19-13-7-3-2-6-10-16-11-12-17/h4-5,8-9,16-17H,2-3,6-7,10-13H2,1H3. The van der Waals surface area contributed by atoms with E-state index in [0.29, 0.717) is 6.54 Å². The highest BCUT2D eigenvalue weighted by atomic mass is 16.5. The fourth-order valence-electron chi connectivity index (χ4n) is 1.83. The Balaban J connectivity index is 2.01. The van der Waals surface area contributed by atoms with Gasteiger partial charge in [-0.1, -0.05) is 25.0 Å². The summed E-state index contributed by atoms with van der Waals surface area (Å²) < 4.78 is 10.9. The molecule has 4 heteroatoms. The van der Waals surface area contributed by atoms with E-state index in [1.54, 1.807) is 7.11 Å². The largest absolute Gasteiger partial charge is 0.493 e. The van der Waals surface area contributed by atoms with Crippen molar-refractivity contribution in [1.82, 2.24) is 5.32 Å². The number of aliphatic hydroxyl groups excluding tert-OH is 1. The third-order valence-corrected chi connectivity index (χ3v) is 2.86. The Labute approximate surface area is 115 Å². The number of hydrogen-bond donors (Lipinski definition) is 2. The number of unbranched alkanes of at least 4 members (excludes halogenated alkanes) is 3. The van der Waals surface area contributed by atoms with Crippen molar-refractivity contribution in [3.8, 4) is 11.5 Å². The zero-order valence-corrected chi connectivity index (χ0v) is 11.7. The normalized spacial score (nSPS) is 10.4. The van der Waals surface area contributed by atoms with Crippen LogP contribution < -0.4 is 14.8 Å². The Kier molecular flexibility index (Phi) is 8.85. The molecule has 0 heterocycles. The summed E-state index contributed by atoms with van der Waals surface area (Å²) in [6.07, 6.45) is 4.55. The molecule has 0 atom stereocenters. The number of hydrogen-bond acceptors (Lipinski definition) is 4. The van der Waals surface area contributed by atoms with Crippen molar-refractivity contribution in [2.75, 3.05) is 33.4 Å². The van der Waals surface area contributed by atoms with Crippen LogP contribution in [0.5, 0.6) is 11.5 Å². The predicted octanol–water partition coefficient (Wildman–Crippen LogP) is 2.22. The lowest BCUT2D eigenvalue weighted by Crippen LogP contribution is -2.19. The lowest BCUT2D eigenvalue weighted by atomic mass is 10.2. The first-order chi connectivity index (χ1) is 9.38. The van der Waals surface area contributed by atoms with Gasteiger partial charge in [0.15, 0.2) is 11.5 Å². The van der Waals surface area contributed by atoms with Gasteiger partial charge < -0.3 is 19.9 Å². The Morgan fingerprint density at radius 2 is 1.74 bits per heavy atom. The molecule has 108 valence electrons. The third-order valence-electron chi connectivity index (χ3n) is 2.86. The van der Waals surface area contributed by atoms with Crippen LogP contribution in [0.4, 0.5) is 0 Å². The van der Waals surface area contributed by atoms with Crippen LogP contribution in [0.3, 0.4) is 0 Å². The van der Waals surface area contributed by atoms with Gasteiger partial charge in [-0.15, -0.1) is 0 Å². The van der Waals surface area contributed by atoms with Crippen LogP contribution >= 0.6 is 0 Å². The van der Waals surface area contributed by atoms with E-state index < -0.39 is 0 Å². The number of methoxy groups -OCH3 is 1. The SMILES string of the molecule is COc1ccccc1OCCCCCCNCCO. The number of rotatable bonds is 11. The molecule has 0 bridgehead atoms. The number of nitrogens with one attached hydrogen (secondary N) is 1. The van der Waals surface area contributed by atoms with Gasteiger partial charge in [-0.25, -0.2) is 0 Å². The van der Waals surface area contributed by atoms with Gasteiger partial charge in [0.05, 0.1) is 20.3 Å². The first kappa shape index (κ1) is 15.8. The van der Waals surface area contributed by atoms with Crippen molar-refractivity contribution < 1.29 is 14.6 Å². The Morgan fingerprint density at radius 3 is 2.47 bits per heavy atom. The molecule has 0 aliphatic rings. The summed E-state index contributed by atoms with van der Waals surface area (Å²) >= 11 is 0. The van der Waals surface area contributed by atoms with Crippen molar-refractivity contribution >= 4 is 0 Å². The summed E-state index contributed by atoms with van der Waals surface area (Å²) in [4.78, 5) is 0. The number of para-hydroxylation sites is 2. The van der Waals surface area contributed by atoms with E-state index >= 15 is 0 Å². The van der Waals surface area contributed by atoms with Gasteiger partial charge in [-0.05, 0) is 31.5 Å². The van der Waals surface area contributed by atoms with Gasteiger partial charge in [0.25, 0.3) is 0 Å². The summed E-state index contributed by atoms with van der Waals surface area (Å²) in [7, 11) is 1.65. The number of aliphatic hydroxyl groups is 1. The van der Waals surface area contributed by atoms with Gasteiger partial charge >= 0.3 is 0 Å². The van der Waals surface area contributed by atoms with Gasteiger partial charge in [0, 0.05) is 6.54 Å². The molecule has 19 heavy (non-hydrogen) atoms. The number of benzene rings is 1. The molecule has 0 saturated heterocycles. The van der Waals surface area contributed by atoms with Crippen LogP contribution in [0.2, 0.25) is 0 Å². The lowest BCUT2D eigenvalue weighted by Gasteiger charge is -2.10. The van der Waals surface area contributed by atoms with Crippen LogP contribution in [0.15, 0.2) is 24.3 Å². The summed E-state index contributed by atoms with van der Waals surface area (Å²) in [5.74, 6) is 1.60. The van der Waals surface area contributed by atoms with Gasteiger partial charge in [0.2, 0.25) is 0 Å². The number of ether oxygens (including phenoxy) is 2. The first-order valence-electron chi connectivity index (χ1n) is 6.96. The van der Waals surface area contributed by atoms with Crippen molar-refractivity contribution in [2.24, 2.45) is 0 Å². The molecule has 0 aliphatic carbocycles. The maximum atomic E-state index is 8.60. The topological polar surface area (TPSA) is 50.7 Å². The van der Waals surface area contributed by atoms with Crippen LogP contribution in [-0.4, -0.2) is 38.5 Å². The van der Waals surface area contributed by atoms with E-state index in [2.05, 4.69) is 5.32 Å². The molecule has 1 rings (SSSR count). The minimum absolute atomic E-state index is 0.215. The predicted molar refractivity (Wildman–Crippen MR) is 76.9 cm³/mol. The first-order valence-corrected chi connectivity index (χ1v) is 6.96. The minimum atomic E-state index is 0.215. The molecule has 0 spiro atoms. The van der Waals surface area contributed by atoms with Crippen LogP contribution in [0, 0.1) is 0 Å². The molecule has 0 saturated carbocycles. The smallest absolute Gasteiger partial charge is 0.161 e. The third kappa shape index (κ3) is 7.03. The molecular weight excluding hydrogens is 242 g/mol. The zero-order chi connectivity index (χ0) is 13.8. The maximum Gasteiger partial charge on any atom is 0.161 e. The van der Waals surface area contributed by atoms with E-state index in [0.717, 1.165) is 43.9 Å². The highest BCUT2D eigenvalue weighted by Gasteiger charge is 2.01. The molecule has 0 aliphatic heterocycles. The molecule has 1 aromatic carbocycles. The molecule has 0 radical (unpaired) electrons. The summed E-state index contributed by atoms with van der Waals surface area (Å²) in [5.41, 5.74) is 0. The minimum Gasteiger partial charge on any atom is -0.493 e. The van der Waals surface area contributed by atoms with Crippen molar-refractivity contribution in [3.63, 3.8) is 0 Å². The molecule has 0 unspecified atom stereocenters. The second kappa shape index (κ2) is 10.6. The Bertz CT molecular complexity index is 331. The highest BCUT2D eigenvalue weighted by Crippen LogP contribution is 2.25. The molecule has 4 nitrogen and oxygen atoms in total. The highest BCUT2D eigenvalue weighted by molar-refractivity contribution is 5.39. The van der Waals surface area contributed by atoms with Gasteiger partial charge in [0.1, 0.15) is 0 Å². The van der Waals surface area contributed by atoms with Crippen molar-refractivity contribution in [1.29, 1.82) is 0 Å². The molecule has 0 amide bonds. The molecule has 1 aromatic rings. The monoisotopic (exact) mass is 267 g/mol. The van der Waals surface area contributed by atoms with Gasteiger partial charge in [-0.3, -0.25) is 0 Å². The van der Waals surface area contributed by atoms with E-state index in [-0.39, 0.29) is 6.61 Å². The van der Waals surface area contributed by atoms with Gasteiger partial charge in [-0.2, -0.15) is 0 Å². The van der Waals surface area contributed by atoms with E-state index in [1.807, 2.05) is 24.3 Å². The van der Waals surface area contributed by atoms with Crippen LogP contribution in [0.25, 0.3) is 0 Å². The summed E-state index contributed by atoms with van der Waals surface area (Å²) in [5, 5.41) is 11.8. The average molecular weight is 267 g/mol. The van der Waals surface area contributed by atoms with E-state index in [9.17, 15) is 0 Å². The maximum absolute atomic E-state index is 8.60. The Hall–Kier alpha value is -1.26. The van der Waals surface area contributed by atoms with Crippen molar-refractivity contribution in [2.45, 2.75) is 25.7 Å². The van der Waals surface area contributed by atoms with E-state index in [1.165, 1.54) is 6.42 Å². The molecule has 0 aromatic heterocycles. The van der Waals surface area contributed by atoms with Crippen LogP contribution in [-0.2, 0) is 0 Å². The Morgan fingerprint density at radius 1 is 1.00 bits per heavy atom.